The molecular weight excluding hydrogens is 322 g/mol. The maximum atomic E-state index is 12.2. The molecule has 0 N–H and O–H groups in total. The van der Waals surface area contributed by atoms with Crippen molar-refractivity contribution in [3.8, 4) is 5.75 Å². The van der Waals surface area contributed by atoms with Crippen molar-refractivity contribution in [3.63, 3.8) is 0 Å². The smallest absolute Gasteiger partial charge is 0.418 e. The summed E-state index contributed by atoms with van der Waals surface area (Å²) in [6.45, 7) is 6.13. The van der Waals surface area contributed by atoms with Gasteiger partial charge >= 0.3 is 6.09 Å². The Labute approximate surface area is 126 Å². The standard InChI is InChI=1S/C15H18BrNO3/c1-15(2,3)20-14(18)17-8-6-11-4-5-12(10-13(11)17)19-9-7-16/h4-6,8,10H,7,9H2,1-3H3. The van der Waals surface area contributed by atoms with Crippen LogP contribution in [0.1, 0.15) is 20.8 Å². The van der Waals surface area contributed by atoms with E-state index >= 15 is 0 Å². The molecule has 0 aliphatic carbocycles. The van der Waals surface area contributed by atoms with Crippen LogP contribution in [0.3, 0.4) is 0 Å². The highest BCUT2D eigenvalue weighted by molar-refractivity contribution is 9.09. The third kappa shape index (κ3) is 3.54. The maximum Gasteiger partial charge on any atom is 0.418 e. The minimum Gasteiger partial charge on any atom is -0.493 e. The van der Waals surface area contributed by atoms with Crippen LogP contribution in [0, 0.1) is 0 Å². The summed E-state index contributed by atoms with van der Waals surface area (Å²) in [6.07, 6.45) is 1.33. The lowest BCUT2D eigenvalue weighted by Crippen LogP contribution is -2.26. The van der Waals surface area contributed by atoms with Gasteiger partial charge in [0.2, 0.25) is 0 Å². The van der Waals surface area contributed by atoms with Gasteiger partial charge < -0.3 is 9.47 Å². The number of rotatable bonds is 3. The van der Waals surface area contributed by atoms with Crippen molar-refractivity contribution in [3.05, 3.63) is 30.5 Å². The Hall–Kier alpha value is -1.49. The number of halogens is 1. The van der Waals surface area contributed by atoms with Gasteiger partial charge in [-0.1, -0.05) is 15.9 Å². The lowest BCUT2D eigenvalue weighted by atomic mass is 10.2. The van der Waals surface area contributed by atoms with E-state index in [9.17, 15) is 4.79 Å². The number of carbonyl (C=O) groups excluding carboxylic acids is 1. The number of alkyl halides is 1. The van der Waals surface area contributed by atoms with Crippen LogP contribution in [-0.4, -0.2) is 28.2 Å². The van der Waals surface area contributed by atoms with Gasteiger partial charge in [-0.3, -0.25) is 4.57 Å². The Balaban J connectivity index is 2.31. The summed E-state index contributed by atoms with van der Waals surface area (Å²) in [6, 6.07) is 7.56. The first-order valence-corrected chi connectivity index (χ1v) is 7.56. The Morgan fingerprint density at radius 3 is 2.70 bits per heavy atom. The summed E-state index contributed by atoms with van der Waals surface area (Å²) in [7, 11) is 0. The quantitative estimate of drug-likeness (QED) is 0.787. The molecule has 1 aromatic heterocycles. The summed E-state index contributed by atoms with van der Waals surface area (Å²) in [5, 5.41) is 1.74. The molecule has 4 nitrogen and oxygen atoms in total. The molecule has 0 atom stereocenters. The number of benzene rings is 1. The Bertz CT molecular complexity index is 613. The first kappa shape index (κ1) is 14.9. The second kappa shape index (κ2) is 5.87. The lowest BCUT2D eigenvalue weighted by molar-refractivity contribution is 0.0544. The van der Waals surface area contributed by atoms with E-state index < -0.39 is 5.60 Å². The van der Waals surface area contributed by atoms with Crippen LogP contribution in [-0.2, 0) is 4.74 Å². The predicted molar refractivity (Wildman–Crippen MR) is 82.9 cm³/mol. The lowest BCUT2D eigenvalue weighted by Gasteiger charge is -2.19. The van der Waals surface area contributed by atoms with Gasteiger partial charge in [-0.15, -0.1) is 0 Å². The van der Waals surface area contributed by atoms with Crippen LogP contribution in [0.2, 0.25) is 0 Å². The summed E-state index contributed by atoms with van der Waals surface area (Å²) in [5.41, 5.74) is 0.268. The number of hydrogen-bond acceptors (Lipinski definition) is 3. The molecule has 108 valence electrons. The highest BCUT2D eigenvalue weighted by Gasteiger charge is 2.19. The molecule has 0 aliphatic heterocycles. The van der Waals surface area contributed by atoms with E-state index in [1.165, 1.54) is 4.57 Å². The highest BCUT2D eigenvalue weighted by Crippen LogP contribution is 2.23. The summed E-state index contributed by atoms with van der Waals surface area (Å²) < 4.78 is 12.4. The number of fused-ring (bicyclic) bond motifs is 1. The topological polar surface area (TPSA) is 40.5 Å². The van der Waals surface area contributed by atoms with Gasteiger partial charge in [-0.2, -0.15) is 0 Å². The van der Waals surface area contributed by atoms with Crippen molar-refractivity contribution < 1.29 is 14.3 Å². The van der Waals surface area contributed by atoms with Crippen molar-refractivity contribution in [2.45, 2.75) is 26.4 Å². The maximum absolute atomic E-state index is 12.2. The van der Waals surface area contributed by atoms with Crippen molar-refractivity contribution in [1.82, 2.24) is 4.57 Å². The zero-order chi connectivity index (χ0) is 14.8. The first-order valence-electron chi connectivity index (χ1n) is 6.44. The molecule has 0 saturated carbocycles. The summed E-state index contributed by atoms with van der Waals surface area (Å²) in [5.74, 6) is 0.737. The molecule has 0 saturated heterocycles. The van der Waals surface area contributed by atoms with Crippen molar-refractivity contribution in [2.24, 2.45) is 0 Å². The molecule has 0 radical (unpaired) electrons. The number of ether oxygens (including phenoxy) is 2. The molecule has 5 heteroatoms. The number of nitrogens with zero attached hydrogens (tertiary/aromatic N) is 1. The molecule has 0 aliphatic rings. The Kier molecular flexibility index (Phi) is 4.38. The van der Waals surface area contributed by atoms with Crippen LogP contribution in [0.4, 0.5) is 4.79 Å². The molecule has 0 unspecified atom stereocenters. The Morgan fingerprint density at radius 2 is 2.05 bits per heavy atom. The monoisotopic (exact) mass is 339 g/mol. The van der Waals surface area contributed by atoms with E-state index in [0.29, 0.717) is 6.61 Å². The third-order valence-electron chi connectivity index (χ3n) is 2.60. The van der Waals surface area contributed by atoms with Gasteiger partial charge in [-0.25, -0.2) is 4.79 Å². The average molecular weight is 340 g/mol. The summed E-state index contributed by atoms with van der Waals surface area (Å²) in [4.78, 5) is 12.2. The molecular formula is C15H18BrNO3. The number of hydrogen-bond donors (Lipinski definition) is 0. The second-order valence-electron chi connectivity index (χ2n) is 5.42. The molecule has 2 rings (SSSR count). The number of carbonyl (C=O) groups is 1. The van der Waals surface area contributed by atoms with E-state index in [4.69, 9.17) is 9.47 Å². The van der Waals surface area contributed by atoms with Gasteiger partial charge in [-0.05, 0) is 39.0 Å². The van der Waals surface area contributed by atoms with Gasteiger partial charge in [0.25, 0.3) is 0 Å². The van der Waals surface area contributed by atoms with E-state index in [1.807, 2.05) is 45.0 Å². The molecule has 0 fully saturated rings. The molecule has 1 aromatic carbocycles. The molecule has 20 heavy (non-hydrogen) atoms. The molecule has 0 bridgehead atoms. The largest absolute Gasteiger partial charge is 0.493 e. The average Bonchev–Trinajstić information content (AvgIpc) is 2.77. The fourth-order valence-electron chi connectivity index (χ4n) is 1.82. The van der Waals surface area contributed by atoms with E-state index in [2.05, 4.69) is 15.9 Å². The second-order valence-corrected chi connectivity index (χ2v) is 6.22. The van der Waals surface area contributed by atoms with Gasteiger partial charge in [0.15, 0.2) is 0 Å². The predicted octanol–water partition coefficient (Wildman–Crippen LogP) is 4.20. The minimum atomic E-state index is -0.516. The van der Waals surface area contributed by atoms with E-state index in [1.54, 1.807) is 6.20 Å². The third-order valence-corrected chi connectivity index (χ3v) is 2.92. The molecule has 0 spiro atoms. The van der Waals surface area contributed by atoms with Crippen molar-refractivity contribution >= 4 is 32.9 Å². The number of aromatic nitrogens is 1. The zero-order valence-corrected chi connectivity index (χ0v) is 13.4. The minimum absolute atomic E-state index is 0.384. The van der Waals surface area contributed by atoms with Crippen molar-refractivity contribution in [1.29, 1.82) is 0 Å². The van der Waals surface area contributed by atoms with Gasteiger partial charge in [0, 0.05) is 23.0 Å². The van der Waals surface area contributed by atoms with Crippen LogP contribution in [0.15, 0.2) is 30.5 Å². The van der Waals surface area contributed by atoms with Crippen LogP contribution >= 0.6 is 15.9 Å². The fourth-order valence-corrected chi connectivity index (χ4v) is 1.99. The van der Waals surface area contributed by atoms with Crippen LogP contribution in [0.5, 0.6) is 5.75 Å². The normalized spacial score (nSPS) is 11.6. The van der Waals surface area contributed by atoms with Crippen LogP contribution in [0.25, 0.3) is 10.9 Å². The van der Waals surface area contributed by atoms with E-state index in [-0.39, 0.29) is 6.09 Å². The van der Waals surface area contributed by atoms with Crippen molar-refractivity contribution in [2.75, 3.05) is 11.9 Å². The van der Waals surface area contributed by atoms with Crippen LogP contribution < -0.4 is 4.74 Å². The Morgan fingerprint density at radius 1 is 1.30 bits per heavy atom. The fraction of sp³-hybridized carbons (Fsp3) is 0.400. The molecule has 1 heterocycles. The van der Waals surface area contributed by atoms with Gasteiger partial charge in [0.05, 0.1) is 12.1 Å². The highest BCUT2D eigenvalue weighted by atomic mass is 79.9. The summed E-state index contributed by atoms with van der Waals surface area (Å²) >= 11 is 3.32. The SMILES string of the molecule is CC(C)(C)OC(=O)n1ccc2ccc(OCCBr)cc21. The van der Waals surface area contributed by atoms with Gasteiger partial charge in [0.1, 0.15) is 11.4 Å². The molecule has 2 aromatic rings. The zero-order valence-electron chi connectivity index (χ0n) is 11.9. The first-order chi connectivity index (χ1) is 9.40. The van der Waals surface area contributed by atoms with E-state index in [0.717, 1.165) is 22.0 Å². The molecule has 0 amide bonds.